The molecule has 2 heterocycles. The number of amidine groups is 1. The molecule has 26 heavy (non-hydrogen) atoms. The molecule has 0 saturated carbocycles. The van der Waals surface area contributed by atoms with E-state index in [0.29, 0.717) is 5.56 Å². The predicted molar refractivity (Wildman–Crippen MR) is 104 cm³/mol. The molecule has 0 bridgehead atoms. The Kier molecular flexibility index (Phi) is 4.67. The largest absolute Gasteiger partial charge is 0.342 e. The van der Waals surface area contributed by atoms with Gasteiger partial charge in [-0.1, -0.05) is 36.4 Å². The van der Waals surface area contributed by atoms with Crippen molar-refractivity contribution in [1.82, 2.24) is 9.88 Å². The molecular weight excluding hydrogens is 340 g/mol. The summed E-state index contributed by atoms with van der Waals surface area (Å²) in [5.41, 5.74) is 3.93. The third kappa shape index (κ3) is 3.61. The molecule has 0 N–H and O–H groups in total. The van der Waals surface area contributed by atoms with Crippen molar-refractivity contribution in [3.63, 3.8) is 0 Å². The van der Waals surface area contributed by atoms with Crippen molar-refractivity contribution in [1.29, 1.82) is 5.26 Å². The zero-order valence-electron chi connectivity index (χ0n) is 14.0. The smallest absolute Gasteiger partial charge is 0.171 e. The number of rotatable bonds is 3. The van der Waals surface area contributed by atoms with Crippen molar-refractivity contribution >= 4 is 22.6 Å². The zero-order chi connectivity index (χ0) is 17.8. The Hall–Kier alpha value is -3.10. The highest BCUT2D eigenvalue weighted by atomic mass is 32.2. The SMILES string of the molecule is N#Cc1ccc(N=C2Sc3ncccc3CN2Cc2ccccc2)cc1. The first-order chi connectivity index (χ1) is 12.8. The van der Waals surface area contributed by atoms with E-state index < -0.39 is 0 Å². The number of aliphatic imine (C=N–C) groups is 1. The maximum absolute atomic E-state index is 8.96. The van der Waals surface area contributed by atoms with Crippen LogP contribution in [0.15, 0.2) is 82.9 Å². The average Bonchev–Trinajstić information content (AvgIpc) is 2.70. The fourth-order valence-electron chi connectivity index (χ4n) is 2.80. The van der Waals surface area contributed by atoms with Crippen LogP contribution in [-0.2, 0) is 13.1 Å². The van der Waals surface area contributed by atoms with E-state index in [-0.39, 0.29) is 0 Å². The van der Waals surface area contributed by atoms with E-state index in [1.165, 1.54) is 11.1 Å². The number of nitrogens with zero attached hydrogens (tertiary/aromatic N) is 4. The maximum atomic E-state index is 8.96. The quantitative estimate of drug-likeness (QED) is 0.679. The summed E-state index contributed by atoms with van der Waals surface area (Å²) in [5, 5.41) is 10.9. The van der Waals surface area contributed by atoms with Crippen molar-refractivity contribution in [3.8, 4) is 6.07 Å². The Morgan fingerprint density at radius 1 is 1.04 bits per heavy atom. The van der Waals surface area contributed by atoms with Crippen LogP contribution in [0.1, 0.15) is 16.7 Å². The Labute approximate surface area is 156 Å². The summed E-state index contributed by atoms with van der Waals surface area (Å²) in [6, 6.07) is 24.0. The molecule has 0 atom stereocenters. The van der Waals surface area contributed by atoms with Gasteiger partial charge in [-0.3, -0.25) is 0 Å². The zero-order valence-corrected chi connectivity index (χ0v) is 14.9. The van der Waals surface area contributed by atoms with Gasteiger partial charge in [-0.2, -0.15) is 5.26 Å². The van der Waals surface area contributed by atoms with Crippen LogP contribution in [0.3, 0.4) is 0 Å². The molecule has 0 saturated heterocycles. The minimum Gasteiger partial charge on any atom is -0.342 e. The molecule has 0 fully saturated rings. The predicted octanol–water partition coefficient (Wildman–Crippen LogP) is 4.75. The summed E-state index contributed by atoms with van der Waals surface area (Å²) in [6.07, 6.45) is 1.82. The van der Waals surface area contributed by atoms with Gasteiger partial charge in [-0.15, -0.1) is 0 Å². The normalized spacial score (nSPS) is 14.7. The van der Waals surface area contributed by atoms with E-state index in [2.05, 4.69) is 46.3 Å². The Balaban J connectivity index is 1.68. The molecular formula is C21H16N4S. The van der Waals surface area contributed by atoms with Crippen molar-refractivity contribution in [2.24, 2.45) is 4.99 Å². The van der Waals surface area contributed by atoms with Gasteiger partial charge < -0.3 is 4.90 Å². The van der Waals surface area contributed by atoms with Gasteiger partial charge in [0.15, 0.2) is 5.17 Å². The minimum atomic E-state index is 0.637. The number of aromatic nitrogens is 1. The first-order valence-electron chi connectivity index (χ1n) is 8.31. The number of hydrogen-bond acceptors (Lipinski definition) is 4. The lowest BCUT2D eigenvalue weighted by atomic mass is 10.2. The topological polar surface area (TPSA) is 52.3 Å². The van der Waals surface area contributed by atoms with Crippen LogP contribution in [0.5, 0.6) is 0 Å². The van der Waals surface area contributed by atoms with Crippen LogP contribution in [0, 0.1) is 11.3 Å². The molecule has 1 aliphatic rings. The summed E-state index contributed by atoms with van der Waals surface area (Å²) in [5.74, 6) is 0. The number of hydrogen-bond donors (Lipinski definition) is 0. The van der Waals surface area contributed by atoms with Gasteiger partial charge >= 0.3 is 0 Å². The number of thioether (sulfide) groups is 1. The average molecular weight is 356 g/mol. The van der Waals surface area contributed by atoms with Gasteiger partial charge in [0, 0.05) is 24.8 Å². The highest BCUT2D eigenvalue weighted by Gasteiger charge is 2.23. The molecule has 0 amide bonds. The molecule has 3 aromatic rings. The van der Waals surface area contributed by atoms with E-state index in [9.17, 15) is 0 Å². The summed E-state index contributed by atoms with van der Waals surface area (Å²) >= 11 is 1.59. The van der Waals surface area contributed by atoms with Crippen LogP contribution in [0.2, 0.25) is 0 Å². The number of benzene rings is 2. The van der Waals surface area contributed by atoms with Crippen LogP contribution in [0.25, 0.3) is 0 Å². The third-order valence-corrected chi connectivity index (χ3v) is 5.20. The molecule has 1 aliphatic heterocycles. The van der Waals surface area contributed by atoms with Crippen LogP contribution in [-0.4, -0.2) is 15.1 Å². The van der Waals surface area contributed by atoms with E-state index in [1.807, 2.05) is 30.5 Å². The number of fused-ring (bicyclic) bond motifs is 1. The molecule has 0 aliphatic carbocycles. The van der Waals surface area contributed by atoms with Gasteiger partial charge in [0.2, 0.25) is 0 Å². The molecule has 0 radical (unpaired) electrons. The van der Waals surface area contributed by atoms with Gasteiger partial charge in [-0.25, -0.2) is 9.98 Å². The van der Waals surface area contributed by atoms with Gasteiger partial charge in [-0.05, 0) is 47.7 Å². The molecule has 0 unspecified atom stereocenters. The van der Waals surface area contributed by atoms with Crippen molar-refractivity contribution in [2.45, 2.75) is 18.1 Å². The lowest BCUT2D eigenvalue weighted by Gasteiger charge is -2.30. The molecule has 126 valence electrons. The van der Waals surface area contributed by atoms with Crippen molar-refractivity contribution in [3.05, 3.63) is 89.6 Å². The second-order valence-electron chi connectivity index (χ2n) is 5.96. The van der Waals surface area contributed by atoms with Gasteiger partial charge in [0.05, 0.1) is 17.3 Å². The van der Waals surface area contributed by atoms with Gasteiger partial charge in [0.25, 0.3) is 0 Å². The molecule has 4 nitrogen and oxygen atoms in total. The lowest BCUT2D eigenvalue weighted by Crippen LogP contribution is -2.31. The third-order valence-electron chi connectivity index (χ3n) is 4.11. The highest BCUT2D eigenvalue weighted by Crippen LogP contribution is 2.33. The fraction of sp³-hybridized carbons (Fsp3) is 0.0952. The lowest BCUT2D eigenvalue weighted by molar-refractivity contribution is 0.406. The second kappa shape index (κ2) is 7.42. The second-order valence-corrected chi connectivity index (χ2v) is 6.92. The molecule has 5 heteroatoms. The highest BCUT2D eigenvalue weighted by molar-refractivity contribution is 8.13. The number of nitriles is 1. The Bertz CT molecular complexity index is 975. The fourth-order valence-corrected chi connectivity index (χ4v) is 3.76. The van der Waals surface area contributed by atoms with E-state index >= 15 is 0 Å². The van der Waals surface area contributed by atoms with Crippen molar-refractivity contribution in [2.75, 3.05) is 0 Å². The molecule has 0 spiro atoms. The Morgan fingerprint density at radius 3 is 2.62 bits per heavy atom. The van der Waals surface area contributed by atoms with E-state index in [1.54, 1.807) is 23.9 Å². The van der Waals surface area contributed by atoms with Crippen LogP contribution >= 0.6 is 11.8 Å². The van der Waals surface area contributed by atoms with E-state index in [0.717, 1.165) is 29.0 Å². The van der Waals surface area contributed by atoms with E-state index in [4.69, 9.17) is 10.3 Å². The monoisotopic (exact) mass is 356 g/mol. The van der Waals surface area contributed by atoms with Crippen LogP contribution < -0.4 is 0 Å². The first kappa shape index (κ1) is 16.4. The summed E-state index contributed by atoms with van der Waals surface area (Å²) in [7, 11) is 0. The summed E-state index contributed by atoms with van der Waals surface area (Å²) in [6.45, 7) is 1.57. The molecule has 2 aromatic carbocycles. The molecule has 1 aromatic heterocycles. The van der Waals surface area contributed by atoms with Crippen LogP contribution in [0.4, 0.5) is 5.69 Å². The van der Waals surface area contributed by atoms with Crippen molar-refractivity contribution < 1.29 is 0 Å². The maximum Gasteiger partial charge on any atom is 0.171 e. The minimum absolute atomic E-state index is 0.637. The van der Waals surface area contributed by atoms with Gasteiger partial charge in [0.1, 0.15) is 5.03 Å². The Morgan fingerprint density at radius 2 is 1.85 bits per heavy atom. The molecule has 4 rings (SSSR count). The standard InChI is InChI=1S/C21H16N4S/c22-13-16-8-10-19(11-9-16)24-21-25(14-17-5-2-1-3-6-17)15-18-7-4-12-23-20(18)26-21/h1-12H,14-15H2. The first-order valence-corrected chi connectivity index (χ1v) is 9.13. The summed E-state index contributed by atoms with van der Waals surface area (Å²) < 4.78 is 0. The number of pyridine rings is 1. The summed E-state index contributed by atoms with van der Waals surface area (Å²) in [4.78, 5) is 11.6.